The first kappa shape index (κ1) is 17.3. The van der Waals surface area contributed by atoms with Crippen LogP contribution in [0.15, 0.2) is 6.33 Å². The summed E-state index contributed by atoms with van der Waals surface area (Å²) < 4.78 is 7.25. The van der Waals surface area contributed by atoms with E-state index < -0.39 is 0 Å². The first-order valence-electron chi connectivity index (χ1n) is 9.91. The second-order valence-corrected chi connectivity index (χ2v) is 9.57. The SMILES string of the molecule is Cc1nc2sc3c(N4CCCC[C@@H]4C)ncnc3c2c2c1COC(C)(C)C2. The zero-order chi connectivity index (χ0) is 18.8. The summed E-state index contributed by atoms with van der Waals surface area (Å²) in [5.74, 6) is 1.09. The van der Waals surface area contributed by atoms with Gasteiger partial charge in [0, 0.05) is 35.7 Å². The highest BCUT2D eigenvalue weighted by molar-refractivity contribution is 7.26. The average molecular weight is 383 g/mol. The van der Waals surface area contributed by atoms with Crippen molar-refractivity contribution in [1.29, 1.82) is 0 Å². The molecular weight excluding hydrogens is 356 g/mol. The molecule has 1 saturated heterocycles. The lowest BCUT2D eigenvalue weighted by molar-refractivity contribution is -0.0400. The molecule has 0 bridgehead atoms. The van der Waals surface area contributed by atoms with Crippen molar-refractivity contribution in [2.45, 2.75) is 71.6 Å². The molecule has 0 spiro atoms. The standard InChI is InChI=1S/C21H26N4OS/c1-12-7-5-6-8-25(12)19-18-17(22-11-23-19)16-14-9-21(3,4)26-10-15(14)13(2)24-20(16)27-18/h11-12H,5-10H2,1-4H3/t12-/m0/s1. The lowest BCUT2D eigenvalue weighted by Crippen LogP contribution is -2.38. The van der Waals surface area contributed by atoms with Crippen molar-refractivity contribution in [3.63, 3.8) is 0 Å². The smallest absolute Gasteiger partial charge is 0.150 e. The van der Waals surface area contributed by atoms with Crippen LogP contribution in [-0.2, 0) is 17.8 Å². The molecule has 1 atom stereocenters. The number of thiophene rings is 1. The molecule has 0 aromatic carbocycles. The molecule has 5 rings (SSSR count). The predicted octanol–water partition coefficient (Wildman–Crippen LogP) is 4.78. The van der Waals surface area contributed by atoms with Crippen molar-refractivity contribution in [2.75, 3.05) is 11.4 Å². The van der Waals surface area contributed by atoms with Gasteiger partial charge in [0.2, 0.25) is 0 Å². The Kier molecular flexibility index (Phi) is 3.92. The van der Waals surface area contributed by atoms with Gasteiger partial charge in [-0.1, -0.05) is 0 Å². The van der Waals surface area contributed by atoms with E-state index in [1.807, 2.05) is 0 Å². The molecule has 2 aliphatic heterocycles. The summed E-state index contributed by atoms with van der Waals surface area (Å²) in [5, 5.41) is 1.22. The molecule has 3 aromatic heterocycles. The van der Waals surface area contributed by atoms with Gasteiger partial charge in [0.15, 0.2) is 0 Å². The van der Waals surface area contributed by atoms with Crippen molar-refractivity contribution in [2.24, 2.45) is 0 Å². The van der Waals surface area contributed by atoms with Gasteiger partial charge in [0.25, 0.3) is 0 Å². The van der Waals surface area contributed by atoms with E-state index in [-0.39, 0.29) is 5.60 Å². The Balaban J connectivity index is 1.78. The molecular formula is C21H26N4OS. The van der Waals surface area contributed by atoms with E-state index in [1.54, 1.807) is 17.7 Å². The van der Waals surface area contributed by atoms with Crippen LogP contribution in [0.1, 0.15) is 56.9 Å². The third-order valence-corrected chi connectivity index (χ3v) is 7.16. The van der Waals surface area contributed by atoms with Crippen LogP contribution in [0.4, 0.5) is 5.82 Å². The van der Waals surface area contributed by atoms with Gasteiger partial charge >= 0.3 is 0 Å². The molecule has 2 aliphatic rings. The van der Waals surface area contributed by atoms with Gasteiger partial charge < -0.3 is 9.64 Å². The average Bonchev–Trinajstić information content (AvgIpc) is 2.99. The van der Waals surface area contributed by atoms with Gasteiger partial charge in [-0.15, -0.1) is 11.3 Å². The maximum atomic E-state index is 6.07. The van der Waals surface area contributed by atoms with Crippen LogP contribution in [0.3, 0.4) is 0 Å². The Bertz CT molecular complexity index is 1040. The summed E-state index contributed by atoms with van der Waals surface area (Å²) in [4.78, 5) is 17.9. The number of nitrogens with zero attached hydrogens (tertiary/aromatic N) is 4. The van der Waals surface area contributed by atoms with Gasteiger partial charge in [-0.05, 0) is 52.5 Å². The van der Waals surface area contributed by atoms with E-state index in [1.165, 1.54) is 40.5 Å². The zero-order valence-electron chi connectivity index (χ0n) is 16.5. The van der Waals surface area contributed by atoms with Crippen LogP contribution in [0.2, 0.25) is 0 Å². The van der Waals surface area contributed by atoms with Crippen LogP contribution in [0.5, 0.6) is 0 Å². The molecule has 3 aromatic rings. The lowest BCUT2D eigenvalue weighted by atomic mass is 9.89. The highest BCUT2D eigenvalue weighted by Gasteiger charge is 2.31. The van der Waals surface area contributed by atoms with Gasteiger partial charge in [0.1, 0.15) is 17.0 Å². The van der Waals surface area contributed by atoms with Crippen molar-refractivity contribution in [3.05, 3.63) is 23.1 Å². The second-order valence-electron chi connectivity index (χ2n) is 8.57. The number of anilines is 1. The van der Waals surface area contributed by atoms with Gasteiger partial charge in [-0.3, -0.25) is 0 Å². The molecule has 0 radical (unpaired) electrons. The molecule has 6 heteroatoms. The fourth-order valence-corrected chi connectivity index (χ4v) is 5.78. The molecule has 1 fully saturated rings. The quantitative estimate of drug-likeness (QED) is 0.606. The summed E-state index contributed by atoms with van der Waals surface area (Å²) in [5.41, 5.74) is 4.61. The summed E-state index contributed by atoms with van der Waals surface area (Å²) >= 11 is 1.75. The third-order valence-electron chi connectivity index (χ3n) is 6.09. The van der Waals surface area contributed by atoms with Crippen LogP contribution >= 0.6 is 11.3 Å². The number of hydrogen-bond acceptors (Lipinski definition) is 6. The molecule has 27 heavy (non-hydrogen) atoms. The van der Waals surface area contributed by atoms with E-state index >= 15 is 0 Å². The maximum Gasteiger partial charge on any atom is 0.150 e. The van der Waals surface area contributed by atoms with Crippen molar-refractivity contribution < 1.29 is 4.74 Å². The summed E-state index contributed by atoms with van der Waals surface area (Å²) in [6.07, 6.45) is 6.41. The number of fused-ring (bicyclic) bond motifs is 5. The van der Waals surface area contributed by atoms with Gasteiger partial charge in [-0.25, -0.2) is 15.0 Å². The fraction of sp³-hybridized carbons (Fsp3) is 0.571. The number of rotatable bonds is 1. The number of piperidine rings is 1. The van der Waals surface area contributed by atoms with E-state index in [0.29, 0.717) is 12.6 Å². The van der Waals surface area contributed by atoms with Crippen LogP contribution in [-0.4, -0.2) is 33.1 Å². The predicted molar refractivity (Wildman–Crippen MR) is 111 cm³/mol. The first-order valence-corrected chi connectivity index (χ1v) is 10.7. The minimum Gasteiger partial charge on any atom is -0.370 e. The number of aryl methyl sites for hydroxylation is 1. The minimum atomic E-state index is -0.154. The molecule has 0 amide bonds. The maximum absolute atomic E-state index is 6.07. The number of hydrogen-bond donors (Lipinski definition) is 0. The Morgan fingerprint density at radius 2 is 2.07 bits per heavy atom. The number of ether oxygens (including phenoxy) is 1. The minimum absolute atomic E-state index is 0.154. The monoisotopic (exact) mass is 382 g/mol. The lowest BCUT2D eigenvalue weighted by Gasteiger charge is -2.34. The second kappa shape index (κ2) is 6.11. The van der Waals surface area contributed by atoms with Crippen LogP contribution in [0, 0.1) is 6.92 Å². The van der Waals surface area contributed by atoms with Crippen LogP contribution < -0.4 is 4.90 Å². The molecule has 0 saturated carbocycles. The van der Waals surface area contributed by atoms with Crippen molar-refractivity contribution in [3.8, 4) is 0 Å². The molecule has 0 aliphatic carbocycles. The Labute approximate surface area is 163 Å². The Hall–Kier alpha value is -1.79. The first-order chi connectivity index (χ1) is 12.9. The molecule has 5 nitrogen and oxygen atoms in total. The van der Waals surface area contributed by atoms with Crippen molar-refractivity contribution >= 4 is 37.6 Å². The third kappa shape index (κ3) is 2.72. The topological polar surface area (TPSA) is 51.1 Å². The molecule has 5 heterocycles. The highest BCUT2D eigenvalue weighted by atomic mass is 32.1. The highest BCUT2D eigenvalue weighted by Crippen LogP contribution is 2.43. The summed E-state index contributed by atoms with van der Waals surface area (Å²) in [6, 6.07) is 0.526. The number of aromatic nitrogens is 3. The largest absolute Gasteiger partial charge is 0.370 e. The fourth-order valence-electron chi connectivity index (χ4n) is 4.57. The molecule has 0 unspecified atom stereocenters. The van der Waals surface area contributed by atoms with Crippen molar-refractivity contribution in [1.82, 2.24) is 15.0 Å². The Morgan fingerprint density at radius 3 is 2.89 bits per heavy atom. The van der Waals surface area contributed by atoms with Gasteiger partial charge in [-0.2, -0.15) is 0 Å². The Morgan fingerprint density at radius 1 is 1.22 bits per heavy atom. The van der Waals surface area contributed by atoms with E-state index in [4.69, 9.17) is 19.7 Å². The molecule has 0 N–H and O–H groups in total. The summed E-state index contributed by atoms with van der Waals surface area (Å²) in [6.45, 7) is 10.5. The van der Waals surface area contributed by atoms with E-state index in [2.05, 4.69) is 32.6 Å². The van der Waals surface area contributed by atoms with Crippen LogP contribution in [0.25, 0.3) is 20.4 Å². The van der Waals surface area contributed by atoms with E-state index in [9.17, 15) is 0 Å². The van der Waals surface area contributed by atoms with Gasteiger partial charge in [0.05, 0.1) is 22.4 Å². The summed E-state index contributed by atoms with van der Waals surface area (Å²) in [7, 11) is 0. The molecule has 142 valence electrons. The number of pyridine rings is 1. The van der Waals surface area contributed by atoms with E-state index in [0.717, 1.165) is 34.8 Å². The normalized spacial score (nSPS) is 22.4. The zero-order valence-corrected chi connectivity index (χ0v) is 17.3.